The number of aromatic amines is 1. The van der Waals surface area contributed by atoms with Gasteiger partial charge in [-0.05, 0) is 47.0 Å². The van der Waals surface area contributed by atoms with Gasteiger partial charge in [0.2, 0.25) is 16.5 Å². The maximum Gasteiger partial charge on any atom is 0.296 e. The van der Waals surface area contributed by atoms with Crippen molar-refractivity contribution in [1.29, 1.82) is 0 Å². The molecule has 7 rings (SSSR count). The average Bonchev–Trinajstić information content (AvgIpc) is 3.11. The van der Waals surface area contributed by atoms with Crippen molar-refractivity contribution in [2.45, 2.75) is 14.7 Å². The summed E-state index contributed by atoms with van der Waals surface area (Å²) in [6.45, 7) is 0. The number of hydrogen-bond acceptors (Lipinski definition) is 14. The molecule has 18 nitrogen and oxygen atoms in total. The second kappa shape index (κ2) is 13.5. The molecular weight excluding hydrogens is 839 g/mol. The summed E-state index contributed by atoms with van der Waals surface area (Å²) in [6, 6.07) is 14.9. The number of carbonyl (C=O) groups is 2. The number of pyridine rings is 1. The summed E-state index contributed by atoms with van der Waals surface area (Å²) < 4.78 is 108. The quantitative estimate of drug-likeness (QED) is 0.0970. The van der Waals surface area contributed by atoms with E-state index in [0.717, 1.165) is 11.9 Å². The number of nitrogens with zero attached hydrogens (tertiary/aromatic N) is 4. The lowest BCUT2D eigenvalue weighted by atomic mass is 9.80. The van der Waals surface area contributed by atoms with Crippen LogP contribution in [0.3, 0.4) is 0 Å². The average molecular weight is 860 g/mol. The Kier molecular flexibility index (Phi) is 9.33. The van der Waals surface area contributed by atoms with Gasteiger partial charge in [-0.3, -0.25) is 28.0 Å². The van der Waals surface area contributed by atoms with Crippen molar-refractivity contribution < 1.29 is 48.5 Å². The van der Waals surface area contributed by atoms with Crippen LogP contribution in [-0.2, 0) is 30.4 Å². The van der Waals surface area contributed by atoms with Gasteiger partial charge in [0.25, 0.3) is 35.9 Å². The van der Waals surface area contributed by atoms with Crippen molar-refractivity contribution in [2.75, 3.05) is 17.3 Å². The van der Waals surface area contributed by atoms with Gasteiger partial charge in [0.05, 0.1) is 33.7 Å². The minimum Gasteiger partial charge on any atom is -0.354 e. The van der Waals surface area contributed by atoms with Crippen LogP contribution in [0, 0.1) is 0 Å². The monoisotopic (exact) mass is 858 g/mol. The molecule has 2 heterocycles. The Labute approximate surface area is 325 Å². The largest absolute Gasteiger partial charge is 0.354 e. The number of halogens is 2. The third-order valence-electron chi connectivity index (χ3n) is 8.58. The van der Waals surface area contributed by atoms with Gasteiger partial charge in [-0.25, -0.2) is 0 Å². The zero-order valence-corrected chi connectivity index (χ0v) is 31.7. The predicted octanol–water partition coefficient (Wildman–Crippen LogP) is 4.71. The van der Waals surface area contributed by atoms with Gasteiger partial charge in [0.1, 0.15) is 14.7 Å². The fraction of sp³-hybridized carbons (Fsp3) is 0.0303. The summed E-state index contributed by atoms with van der Waals surface area (Å²) in [7, 11) is -15.0. The van der Waals surface area contributed by atoms with E-state index in [4.69, 9.17) is 23.2 Å². The van der Waals surface area contributed by atoms with Crippen LogP contribution in [0.2, 0.25) is 10.6 Å². The normalized spacial score (nSPS) is 12.7. The Morgan fingerprint density at radius 2 is 1.27 bits per heavy atom. The van der Waals surface area contributed by atoms with Gasteiger partial charge in [-0.15, -0.1) is 0 Å². The van der Waals surface area contributed by atoms with Crippen molar-refractivity contribution >= 4 is 99.0 Å². The number of ketones is 2. The lowest BCUT2D eigenvalue weighted by Gasteiger charge is -2.26. The summed E-state index contributed by atoms with van der Waals surface area (Å²) in [5.41, 5.74) is -5.13. The molecule has 0 saturated carbocycles. The van der Waals surface area contributed by atoms with E-state index >= 15 is 0 Å². The molecule has 0 spiro atoms. The summed E-state index contributed by atoms with van der Waals surface area (Å²) in [5.74, 6) is -2.15. The Hall–Kier alpha value is -5.65. The van der Waals surface area contributed by atoms with Crippen molar-refractivity contribution in [2.24, 2.45) is 0 Å². The highest BCUT2D eigenvalue weighted by Gasteiger charge is 2.37. The van der Waals surface area contributed by atoms with E-state index in [-0.39, 0.29) is 27.6 Å². The number of nitrogens with one attached hydrogen (secondary N) is 2. The van der Waals surface area contributed by atoms with Crippen LogP contribution in [-0.4, -0.2) is 77.5 Å². The van der Waals surface area contributed by atoms with E-state index < -0.39 is 112 Å². The fourth-order valence-corrected chi connectivity index (χ4v) is 8.69. The van der Waals surface area contributed by atoms with Crippen LogP contribution >= 0.6 is 23.2 Å². The van der Waals surface area contributed by atoms with Crippen LogP contribution in [0.4, 0.5) is 23.0 Å². The third-order valence-corrected chi connectivity index (χ3v) is 11.6. The Balaban J connectivity index is 1.58. The van der Waals surface area contributed by atoms with Crippen molar-refractivity contribution in [3.63, 3.8) is 0 Å². The zero-order chi connectivity index (χ0) is 40.6. The standard InChI is InChI=1S/C33H20Cl2N6O12S3/c1-41(33-39-31(34)38-32(35)40-33)19-13-20(54(45,46)47)17(11-21(19)55(48,49)50)36-18-12-22(56(51,52)53)27-25-23(15-9-5-6-10-16(15)29(43)24(18)25)26(30(44)37-27)28(42)14-7-3-2-4-8-14/h2-13,36H,1H3,(H,37,44)(H,45,46,47)(H,48,49,50)(H,51,52,53). The number of fused-ring (bicyclic) bond motifs is 2. The molecule has 56 heavy (non-hydrogen) atoms. The molecule has 286 valence electrons. The van der Waals surface area contributed by atoms with Crippen molar-refractivity contribution in [1.82, 2.24) is 19.9 Å². The Morgan fingerprint density at radius 1 is 0.714 bits per heavy atom. The first kappa shape index (κ1) is 38.6. The van der Waals surface area contributed by atoms with Crippen molar-refractivity contribution in [3.8, 4) is 11.1 Å². The highest BCUT2D eigenvalue weighted by molar-refractivity contribution is 7.86. The second-order valence-corrected chi connectivity index (χ2v) is 16.8. The summed E-state index contributed by atoms with van der Waals surface area (Å²) in [5, 5.41) is 1.16. The van der Waals surface area contributed by atoms with Crippen LogP contribution in [0.25, 0.3) is 22.0 Å². The Morgan fingerprint density at radius 3 is 1.86 bits per heavy atom. The van der Waals surface area contributed by atoms with Crippen molar-refractivity contribution in [3.05, 3.63) is 116 Å². The summed E-state index contributed by atoms with van der Waals surface area (Å²) in [6.07, 6.45) is 0. The third kappa shape index (κ3) is 6.68. The summed E-state index contributed by atoms with van der Waals surface area (Å²) >= 11 is 11.7. The van der Waals surface area contributed by atoms with E-state index in [2.05, 4.69) is 25.3 Å². The molecule has 23 heteroatoms. The lowest BCUT2D eigenvalue weighted by molar-refractivity contribution is 0.102. The molecule has 0 bridgehead atoms. The van der Waals surface area contributed by atoms with E-state index in [1.807, 2.05) is 0 Å². The molecule has 6 aromatic rings. The maximum atomic E-state index is 14.4. The van der Waals surface area contributed by atoms with Gasteiger partial charge < -0.3 is 15.2 Å². The SMILES string of the molecule is CN(c1nc(Cl)nc(Cl)n1)c1cc(S(=O)(=O)O)c(Nc2cc(S(=O)(=O)O)c3[nH]c(=O)c(C(=O)c4ccccc4)c4c3c2C(=O)c2ccccc2-4)cc1S(=O)(=O)O. The first-order valence-corrected chi connectivity index (χ1v) is 20.4. The lowest BCUT2D eigenvalue weighted by Crippen LogP contribution is -2.25. The minimum atomic E-state index is -5.40. The molecule has 0 fully saturated rings. The van der Waals surface area contributed by atoms with E-state index in [0.29, 0.717) is 18.2 Å². The molecule has 1 aliphatic rings. The number of aromatic nitrogens is 4. The number of hydrogen-bond donors (Lipinski definition) is 5. The maximum absolute atomic E-state index is 14.4. The van der Waals surface area contributed by atoms with Crippen LogP contribution < -0.4 is 15.8 Å². The minimum absolute atomic E-state index is 0.0250. The van der Waals surface area contributed by atoms with Gasteiger partial charge in [-0.1, -0.05) is 54.6 Å². The Bertz CT molecular complexity index is 3130. The molecule has 5 N–H and O–H groups in total. The van der Waals surface area contributed by atoms with Gasteiger partial charge in [0, 0.05) is 29.1 Å². The van der Waals surface area contributed by atoms with E-state index in [1.165, 1.54) is 48.5 Å². The molecule has 0 atom stereocenters. The molecular formula is C33H20Cl2N6O12S3. The highest BCUT2D eigenvalue weighted by Crippen LogP contribution is 2.46. The molecule has 0 radical (unpaired) electrons. The van der Waals surface area contributed by atoms with Crippen LogP contribution in [0.15, 0.2) is 92.3 Å². The molecule has 0 unspecified atom stereocenters. The number of rotatable bonds is 9. The molecule has 0 aliphatic heterocycles. The van der Waals surface area contributed by atoms with E-state index in [9.17, 15) is 53.3 Å². The van der Waals surface area contributed by atoms with Crippen LogP contribution in [0.5, 0.6) is 0 Å². The van der Waals surface area contributed by atoms with Gasteiger partial charge in [-0.2, -0.15) is 40.2 Å². The number of H-pyrrole nitrogens is 1. The highest BCUT2D eigenvalue weighted by atomic mass is 35.5. The van der Waals surface area contributed by atoms with Gasteiger partial charge in [0.15, 0.2) is 11.6 Å². The molecule has 2 aromatic heterocycles. The topological polar surface area (TPSA) is 284 Å². The van der Waals surface area contributed by atoms with Crippen LogP contribution in [0.1, 0.15) is 31.8 Å². The molecule has 4 aromatic carbocycles. The fourth-order valence-electron chi connectivity index (χ4n) is 6.29. The number of anilines is 4. The predicted molar refractivity (Wildman–Crippen MR) is 200 cm³/mol. The van der Waals surface area contributed by atoms with E-state index in [1.54, 1.807) is 6.07 Å². The number of carbonyl (C=O) groups excluding carboxylic acids is 2. The molecule has 0 amide bonds. The molecule has 0 saturated heterocycles. The second-order valence-electron chi connectivity index (χ2n) is 11.9. The van der Waals surface area contributed by atoms with Gasteiger partial charge >= 0.3 is 0 Å². The molecule has 1 aliphatic carbocycles. The first-order chi connectivity index (χ1) is 26.2. The smallest absolute Gasteiger partial charge is 0.296 e. The zero-order valence-electron chi connectivity index (χ0n) is 27.7. The summed E-state index contributed by atoms with van der Waals surface area (Å²) in [4.78, 5) is 53.2. The first-order valence-electron chi connectivity index (χ1n) is 15.4. The number of benzene rings is 4.